The van der Waals surface area contributed by atoms with Gasteiger partial charge in [-0.15, -0.1) is 33.2 Å². The molecule has 0 saturated heterocycles. The molecule has 0 aliphatic heterocycles. The Kier molecular flexibility index (Phi) is 29.6. The Hall–Kier alpha value is -0.0906. The molecule has 0 amide bonds. The Morgan fingerprint density at radius 3 is 1.08 bits per heavy atom. The third-order valence-corrected chi connectivity index (χ3v) is 7.25. The largest absolute Gasteiger partial charge is 3.00 e. The molecule has 26 heavy (non-hydrogen) atoms. The van der Waals surface area contributed by atoms with E-state index in [1.165, 1.54) is 46.3 Å². The first-order chi connectivity index (χ1) is 11.7. The van der Waals surface area contributed by atoms with Gasteiger partial charge in [0.25, 0.3) is 0 Å². The van der Waals surface area contributed by atoms with Crippen LogP contribution in [0.1, 0.15) is 61.4 Å². The van der Waals surface area contributed by atoms with Crippen molar-refractivity contribution in [2.45, 2.75) is 68.2 Å². The van der Waals surface area contributed by atoms with E-state index in [1.54, 1.807) is 12.2 Å². The van der Waals surface area contributed by atoms with Crippen molar-refractivity contribution in [1.29, 1.82) is 0 Å². The van der Waals surface area contributed by atoms with Gasteiger partial charge >= 0.3 is 20.1 Å². The van der Waals surface area contributed by atoms with E-state index in [4.69, 9.17) is 0 Å². The molecule has 1 aromatic rings. The molecular formula is C24H44IrP. The summed E-state index contributed by atoms with van der Waals surface area (Å²) in [5, 5.41) is 0. The molecule has 0 atom stereocenters. The van der Waals surface area contributed by atoms with E-state index in [-0.39, 0.29) is 20.1 Å². The fourth-order valence-electron chi connectivity index (χ4n) is 2.08. The van der Waals surface area contributed by atoms with E-state index in [0.29, 0.717) is 7.92 Å². The molecule has 0 heterocycles. The van der Waals surface area contributed by atoms with Crippen LogP contribution in [-0.4, -0.2) is 18.5 Å². The molecule has 2 heteroatoms. The summed E-state index contributed by atoms with van der Waals surface area (Å²) in [4.78, 5) is 0. The van der Waals surface area contributed by atoms with Crippen LogP contribution in [0.15, 0.2) is 25.3 Å². The Labute approximate surface area is 181 Å². The molecule has 0 N–H and O–H groups in total. The Bertz CT molecular complexity index is 346. The zero-order valence-electron chi connectivity index (χ0n) is 18.8. The minimum Gasteiger partial charge on any atom is -0.340 e. The molecule has 0 aliphatic rings. The van der Waals surface area contributed by atoms with Crippen molar-refractivity contribution < 1.29 is 20.1 Å². The van der Waals surface area contributed by atoms with E-state index in [2.05, 4.69) is 82.4 Å². The first kappa shape index (κ1) is 33.5. The van der Waals surface area contributed by atoms with Crippen LogP contribution in [0, 0.1) is 48.5 Å². The molecule has 0 radical (unpaired) electrons. The van der Waals surface area contributed by atoms with Crippen molar-refractivity contribution in [3.05, 3.63) is 67.0 Å². The van der Waals surface area contributed by atoms with Crippen LogP contribution in [0.5, 0.6) is 0 Å². The van der Waals surface area contributed by atoms with E-state index in [0.717, 1.165) is 12.8 Å². The summed E-state index contributed by atoms with van der Waals surface area (Å²) in [7, 11) is 0.446. The first-order valence-corrected chi connectivity index (χ1v) is 11.4. The topological polar surface area (TPSA) is 0 Å². The molecule has 0 nitrogen and oxygen atoms in total. The molecule has 0 fully saturated rings. The predicted molar refractivity (Wildman–Crippen MR) is 125 cm³/mol. The summed E-state index contributed by atoms with van der Waals surface area (Å²) in [6, 6.07) is 0. The summed E-state index contributed by atoms with van der Waals surface area (Å²) in [5.41, 5.74) is 7.34. The third-order valence-electron chi connectivity index (χ3n) is 4.56. The van der Waals surface area contributed by atoms with E-state index < -0.39 is 0 Å². The SMILES string of the molecule is C=CC[CH2-].C=CC[CH2-].CCP(CC)CC.Cc1c(C)c(C)[c-](C)c1C.[Ir+3]. The third kappa shape index (κ3) is 16.1. The average Bonchev–Trinajstić information content (AvgIpc) is 2.82. The Balaban J connectivity index is -0.000000133. The number of rotatable bonds is 5. The molecule has 0 unspecified atom stereocenters. The second-order valence-electron chi connectivity index (χ2n) is 5.90. The van der Waals surface area contributed by atoms with Gasteiger partial charge in [0.15, 0.2) is 0 Å². The van der Waals surface area contributed by atoms with Crippen LogP contribution in [0.4, 0.5) is 0 Å². The van der Waals surface area contributed by atoms with Gasteiger partial charge in [0.2, 0.25) is 0 Å². The maximum atomic E-state index is 3.49. The molecule has 0 bridgehead atoms. The quantitative estimate of drug-likeness (QED) is 0.195. The first-order valence-electron chi connectivity index (χ1n) is 9.45. The zero-order chi connectivity index (χ0) is 20.4. The molecule has 1 rings (SSSR count). The number of hydrogen-bond donors (Lipinski definition) is 0. The number of allylic oxidation sites excluding steroid dienone is 2. The van der Waals surface area contributed by atoms with Gasteiger partial charge in [0, 0.05) is 0 Å². The second-order valence-corrected chi connectivity index (χ2v) is 9.14. The predicted octanol–water partition coefficient (Wildman–Crippen LogP) is 8.27. The average molecular weight is 556 g/mol. The minimum atomic E-state index is 0. The molecule has 0 spiro atoms. The normalized spacial score (nSPS) is 8.73. The Morgan fingerprint density at radius 1 is 0.808 bits per heavy atom. The molecule has 154 valence electrons. The van der Waals surface area contributed by atoms with Crippen molar-refractivity contribution in [2.24, 2.45) is 0 Å². The maximum absolute atomic E-state index is 3.49. The van der Waals surface area contributed by atoms with Crippen LogP contribution < -0.4 is 0 Å². The fourth-order valence-corrected chi connectivity index (χ4v) is 3.42. The smallest absolute Gasteiger partial charge is 0.340 e. The summed E-state index contributed by atoms with van der Waals surface area (Å²) in [6.45, 7) is 31.7. The van der Waals surface area contributed by atoms with Crippen molar-refractivity contribution in [1.82, 2.24) is 0 Å². The molecule has 0 aromatic heterocycles. The molecule has 1 aromatic carbocycles. The van der Waals surface area contributed by atoms with Crippen LogP contribution in [0.3, 0.4) is 0 Å². The fraction of sp³-hybridized carbons (Fsp3) is 0.542. The van der Waals surface area contributed by atoms with Gasteiger partial charge in [-0.1, -0.05) is 55.4 Å². The van der Waals surface area contributed by atoms with Crippen molar-refractivity contribution in [3.63, 3.8) is 0 Å². The van der Waals surface area contributed by atoms with Crippen LogP contribution in [-0.2, 0) is 20.1 Å². The van der Waals surface area contributed by atoms with Crippen LogP contribution >= 0.6 is 7.92 Å². The summed E-state index contributed by atoms with van der Waals surface area (Å²) >= 11 is 0. The zero-order valence-corrected chi connectivity index (χ0v) is 22.1. The molecular weight excluding hydrogens is 511 g/mol. The van der Waals surface area contributed by atoms with Crippen molar-refractivity contribution >= 4 is 7.92 Å². The van der Waals surface area contributed by atoms with Gasteiger partial charge in [-0.3, -0.25) is 0 Å². The van der Waals surface area contributed by atoms with Gasteiger partial charge in [0.05, 0.1) is 0 Å². The minimum absolute atomic E-state index is 0. The van der Waals surface area contributed by atoms with Crippen LogP contribution in [0.25, 0.3) is 0 Å². The summed E-state index contributed by atoms with van der Waals surface area (Å²) in [5.74, 6) is 0. The summed E-state index contributed by atoms with van der Waals surface area (Å²) < 4.78 is 0. The second kappa shape index (κ2) is 22.9. The monoisotopic (exact) mass is 556 g/mol. The van der Waals surface area contributed by atoms with Crippen molar-refractivity contribution in [3.8, 4) is 0 Å². The van der Waals surface area contributed by atoms with Crippen molar-refractivity contribution in [2.75, 3.05) is 18.5 Å². The van der Waals surface area contributed by atoms with Gasteiger partial charge in [-0.05, 0) is 18.5 Å². The Morgan fingerprint density at radius 2 is 1.04 bits per heavy atom. The van der Waals surface area contributed by atoms with E-state index in [1.807, 2.05) is 0 Å². The van der Waals surface area contributed by atoms with E-state index in [9.17, 15) is 0 Å². The van der Waals surface area contributed by atoms with Gasteiger partial charge < -0.3 is 13.8 Å². The standard InChI is InChI=1S/C10H15.C6H15P.2C4H7.Ir/c1-6-7(2)9(4)10(5)8(6)3;1-4-7(5-2)6-3;2*1-3-4-2;/h1-5H3;4-6H2,1-3H3;2*3H,1-2,4H2;/q-1;;2*-1;+3. The van der Waals surface area contributed by atoms with Gasteiger partial charge in [0.1, 0.15) is 0 Å². The van der Waals surface area contributed by atoms with E-state index >= 15 is 0 Å². The number of hydrogen-bond acceptors (Lipinski definition) is 0. The molecule has 0 saturated carbocycles. The molecule has 0 aliphatic carbocycles. The van der Waals surface area contributed by atoms with Gasteiger partial charge in [-0.25, -0.2) is 0 Å². The van der Waals surface area contributed by atoms with Gasteiger partial charge in [-0.2, -0.15) is 40.7 Å². The van der Waals surface area contributed by atoms with Crippen LogP contribution in [0.2, 0.25) is 0 Å². The maximum Gasteiger partial charge on any atom is 3.00 e. The summed E-state index contributed by atoms with van der Waals surface area (Å²) in [6.07, 6.45) is 9.45.